The van der Waals surface area contributed by atoms with Crippen LogP contribution in [0, 0.1) is 11.6 Å². The van der Waals surface area contributed by atoms with Crippen LogP contribution in [0.2, 0.25) is 0 Å². The van der Waals surface area contributed by atoms with Gasteiger partial charge in [-0.2, -0.15) is 5.10 Å². The van der Waals surface area contributed by atoms with E-state index in [1.165, 1.54) is 10.7 Å². The summed E-state index contributed by atoms with van der Waals surface area (Å²) in [6.45, 7) is 1.80. The number of benzene rings is 2. The van der Waals surface area contributed by atoms with Gasteiger partial charge in [-0.05, 0) is 49.2 Å². The first kappa shape index (κ1) is 17.6. The molecular weight excluding hydrogens is 350 g/mol. The van der Waals surface area contributed by atoms with Crippen LogP contribution < -0.4 is 11.0 Å². The van der Waals surface area contributed by atoms with Crippen molar-refractivity contribution >= 4 is 0 Å². The van der Waals surface area contributed by atoms with Crippen molar-refractivity contribution in [3.05, 3.63) is 82.0 Å². The van der Waals surface area contributed by atoms with E-state index in [1.807, 2.05) is 30.3 Å². The van der Waals surface area contributed by atoms with Crippen LogP contribution in [0.15, 0.2) is 53.3 Å². The van der Waals surface area contributed by atoms with Crippen molar-refractivity contribution in [2.45, 2.75) is 25.3 Å². The fraction of sp³-hybridized carbons (Fsp3) is 0.300. The summed E-state index contributed by atoms with van der Waals surface area (Å²) in [5.41, 5.74) is 0.952. The highest BCUT2D eigenvalue weighted by Gasteiger charge is 2.25. The lowest BCUT2D eigenvalue weighted by molar-refractivity contribution is 0.439. The third-order valence-electron chi connectivity index (χ3n) is 4.86. The number of hydrogen-bond donors (Lipinski definition) is 1. The Morgan fingerprint density at radius 2 is 1.93 bits per heavy atom. The molecule has 3 aromatic rings. The molecule has 5 nitrogen and oxygen atoms in total. The van der Waals surface area contributed by atoms with E-state index in [0.29, 0.717) is 11.4 Å². The molecule has 2 heterocycles. The van der Waals surface area contributed by atoms with Gasteiger partial charge in [-0.3, -0.25) is 0 Å². The third-order valence-corrected chi connectivity index (χ3v) is 4.86. The lowest BCUT2D eigenvalue weighted by atomic mass is 9.99. The molecule has 27 heavy (non-hydrogen) atoms. The molecule has 140 valence electrons. The van der Waals surface area contributed by atoms with Gasteiger partial charge in [-0.15, -0.1) is 0 Å². The van der Waals surface area contributed by atoms with Gasteiger partial charge in [0, 0.05) is 12.5 Å². The predicted molar refractivity (Wildman–Crippen MR) is 98.1 cm³/mol. The van der Waals surface area contributed by atoms with Crippen LogP contribution in [0.1, 0.15) is 30.1 Å². The predicted octanol–water partition coefficient (Wildman–Crippen LogP) is 2.83. The number of halogens is 2. The van der Waals surface area contributed by atoms with Crippen LogP contribution in [0.5, 0.6) is 0 Å². The molecule has 1 saturated heterocycles. The Bertz CT molecular complexity index is 991. The summed E-state index contributed by atoms with van der Waals surface area (Å²) in [4.78, 5) is 13.1. The fourth-order valence-electron chi connectivity index (χ4n) is 3.49. The number of rotatable bonds is 4. The molecule has 1 aliphatic heterocycles. The van der Waals surface area contributed by atoms with Crippen LogP contribution in [-0.2, 0) is 6.54 Å². The first-order valence-electron chi connectivity index (χ1n) is 9.03. The molecule has 0 saturated carbocycles. The maximum absolute atomic E-state index is 13.5. The summed E-state index contributed by atoms with van der Waals surface area (Å²) >= 11 is 0. The second kappa shape index (κ2) is 7.44. The largest absolute Gasteiger partial charge is 0.350 e. The fourth-order valence-corrected chi connectivity index (χ4v) is 3.49. The molecule has 1 atom stereocenters. The van der Waals surface area contributed by atoms with Crippen molar-refractivity contribution in [2.24, 2.45) is 0 Å². The molecular formula is C20H20F2N4O. The first-order chi connectivity index (χ1) is 13.1. The van der Waals surface area contributed by atoms with Gasteiger partial charge in [0.15, 0.2) is 11.6 Å². The number of hydrogen-bond acceptors (Lipinski definition) is 3. The zero-order valence-electron chi connectivity index (χ0n) is 14.7. The molecule has 1 aromatic heterocycles. The van der Waals surface area contributed by atoms with E-state index >= 15 is 0 Å². The molecule has 7 heteroatoms. The highest BCUT2D eigenvalue weighted by Crippen LogP contribution is 2.23. The molecule has 1 unspecified atom stereocenters. The molecule has 0 aliphatic carbocycles. The van der Waals surface area contributed by atoms with E-state index < -0.39 is 11.6 Å². The van der Waals surface area contributed by atoms with Crippen LogP contribution in [-0.4, -0.2) is 27.4 Å². The Hall–Kier alpha value is -2.80. The Labute approximate surface area is 155 Å². The highest BCUT2D eigenvalue weighted by molar-refractivity contribution is 5.33. The molecule has 1 aliphatic rings. The zero-order valence-corrected chi connectivity index (χ0v) is 14.7. The summed E-state index contributed by atoms with van der Waals surface area (Å²) in [5.74, 6) is -1.02. The minimum atomic E-state index is -0.931. The van der Waals surface area contributed by atoms with E-state index in [9.17, 15) is 13.6 Å². The van der Waals surface area contributed by atoms with Gasteiger partial charge in [0.05, 0.1) is 12.2 Å². The first-order valence-corrected chi connectivity index (χ1v) is 9.03. The van der Waals surface area contributed by atoms with Crippen LogP contribution >= 0.6 is 0 Å². The van der Waals surface area contributed by atoms with Gasteiger partial charge >= 0.3 is 5.69 Å². The van der Waals surface area contributed by atoms with Gasteiger partial charge in [-0.25, -0.2) is 22.8 Å². The van der Waals surface area contributed by atoms with Crippen molar-refractivity contribution in [3.8, 4) is 5.69 Å². The van der Waals surface area contributed by atoms with Gasteiger partial charge in [0.1, 0.15) is 5.82 Å². The quantitative estimate of drug-likeness (QED) is 0.768. The van der Waals surface area contributed by atoms with Crippen molar-refractivity contribution in [3.63, 3.8) is 0 Å². The minimum absolute atomic E-state index is 0.0863. The van der Waals surface area contributed by atoms with Gasteiger partial charge in [0.2, 0.25) is 0 Å². The lowest BCUT2D eigenvalue weighted by Gasteiger charge is -2.22. The molecule has 0 radical (unpaired) electrons. The van der Waals surface area contributed by atoms with Gasteiger partial charge < -0.3 is 5.32 Å². The number of nitrogens with one attached hydrogen (secondary N) is 1. The van der Waals surface area contributed by atoms with E-state index in [2.05, 4.69) is 10.4 Å². The molecule has 1 N–H and O–H groups in total. The van der Waals surface area contributed by atoms with Crippen molar-refractivity contribution in [2.75, 3.05) is 13.1 Å². The number of aromatic nitrogens is 3. The summed E-state index contributed by atoms with van der Waals surface area (Å²) < 4.78 is 29.7. The second-order valence-corrected chi connectivity index (χ2v) is 6.76. The summed E-state index contributed by atoms with van der Waals surface area (Å²) in [7, 11) is 0. The Morgan fingerprint density at radius 3 is 2.63 bits per heavy atom. The third kappa shape index (κ3) is 3.55. The molecule has 2 aromatic carbocycles. The van der Waals surface area contributed by atoms with Crippen LogP contribution in [0.25, 0.3) is 5.69 Å². The Balaban J connectivity index is 1.77. The number of nitrogens with zero attached hydrogens (tertiary/aromatic N) is 3. The molecule has 0 amide bonds. The van der Waals surface area contributed by atoms with E-state index in [4.69, 9.17) is 0 Å². The summed E-state index contributed by atoms with van der Waals surface area (Å²) in [5, 5.41) is 7.92. The zero-order chi connectivity index (χ0) is 18.8. The average molecular weight is 370 g/mol. The lowest BCUT2D eigenvalue weighted by Crippen LogP contribution is -2.31. The summed E-state index contributed by atoms with van der Waals surface area (Å²) in [6.07, 6.45) is 1.96. The molecule has 1 fully saturated rings. The van der Waals surface area contributed by atoms with E-state index in [1.54, 1.807) is 4.57 Å². The van der Waals surface area contributed by atoms with Crippen LogP contribution in [0.4, 0.5) is 8.78 Å². The van der Waals surface area contributed by atoms with Crippen LogP contribution in [0.3, 0.4) is 0 Å². The minimum Gasteiger partial charge on any atom is -0.316 e. The van der Waals surface area contributed by atoms with Crippen molar-refractivity contribution in [1.29, 1.82) is 0 Å². The molecule has 4 rings (SSSR count). The number of para-hydroxylation sites is 1. The topological polar surface area (TPSA) is 51.9 Å². The van der Waals surface area contributed by atoms with E-state index in [0.717, 1.165) is 43.8 Å². The second-order valence-electron chi connectivity index (χ2n) is 6.76. The molecule has 0 spiro atoms. The Morgan fingerprint density at radius 1 is 1.11 bits per heavy atom. The number of piperidine rings is 1. The van der Waals surface area contributed by atoms with Gasteiger partial charge in [0.25, 0.3) is 0 Å². The van der Waals surface area contributed by atoms with E-state index in [-0.39, 0.29) is 18.2 Å². The highest BCUT2D eigenvalue weighted by atomic mass is 19.2. The average Bonchev–Trinajstić information content (AvgIpc) is 3.02. The SMILES string of the molecule is O=c1n(Cc2ccc(F)c(F)c2)nc(C2CCCNC2)n1-c1ccccc1. The maximum Gasteiger partial charge on any atom is 0.350 e. The summed E-state index contributed by atoms with van der Waals surface area (Å²) in [6, 6.07) is 13.0. The maximum atomic E-state index is 13.5. The monoisotopic (exact) mass is 370 g/mol. The standard InChI is InChI=1S/C20H20F2N4O/c21-17-9-8-14(11-18(17)22)13-25-20(27)26(16-6-2-1-3-7-16)19(24-25)15-5-4-10-23-12-15/h1-3,6-9,11,15,23H,4-5,10,12-13H2. The molecule has 0 bridgehead atoms. The normalized spacial score (nSPS) is 17.2. The van der Waals surface area contributed by atoms with Crippen molar-refractivity contribution in [1.82, 2.24) is 19.7 Å². The van der Waals surface area contributed by atoms with Crippen molar-refractivity contribution < 1.29 is 8.78 Å². The smallest absolute Gasteiger partial charge is 0.316 e. The Kier molecular flexibility index (Phi) is 4.85. The van der Waals surface area contributed by atoms with Gasteiger partial charge in [-0.1, -0.05) is 24.3 Å².